The van der Waals surface area contributed by atoms with Crippen LogP contribution in [-0.2, 0) is 25.7 Å². The van der Waals surface area contributed by atoms with Crippen LogP contribution in [0.15, 0.2) is 13.6 Å². The van der Waals surface area contributed by atoms with E-state index >= 15 is 0 Å². The van der Waals surface area contributed by atoms with Crippen molar-refractivity contribution >= 4 is 28.9 Å². The number of thioether (sulfide) groups is 1. The lowest BCUT2D eigenvalue weighted by Crippen LogP contribution is -2.38. The normalized spacial score (nSPS) is 12.4. The number of hydrogen-bond acceptors (Lipinski definition) is 9. The summed E-state index contributed by atoms with van der Waals surface area (Å²) in [4.78, 5) is 45.9. The SMILES string of the molecule is Cc1oc(=O)oc1COC(=O)SC(C)C(=O)NCC(=O)OC(C)(C)C. The van der Waals surface area contributed by atoms with Gasteiger partial charge in [-0.1, -0.05) is 0 Å². The summed E-state index contributed by atoms with van der Waals surface area (Å²) in [7, 11) is 0. The Morgan fingerprint density at radius 1 is 1.24 bits per heavy atom. The van der Waals surface area contributed by atoms with E-state index in [9.17, 15) is 19.2 Å². The number of amides is 1. The van der Waals surface area contributed by atoms with Gasteiger partial charge in [0.15, 0.2) is 18.1 Å². The molecule has 1 heterocycles. The highest BCUT2D eigenvalue weighted by molar-refractivity contribution is 8.14. The van der Waals surface area contributed by atoms with Gasteiger partial charge in [-0.3, -0.25) is 9.59 Å². The molecule has 140 valence electrons. The molecule has 1 unspecified atom stereocenters. The summed E-state index contributed by atoms with van der Waals surface area (Å²) < 4.78 is 19.3. The van der Waals surface area contributed by atoms with Crippen molar-refractivity contribution in [2.24, 2.45) is 0 Å². The zero-order valence-corrected chi connectivity index (χ0v) is 15.5. The van der Waals surface area contributed by atoms with E-state index in [-0.39, 0.29) is 24.7 Å². The summed E-state index contributed by atoms with van der Waals surface area (Å²) in [5.74, 6) is -1.66. The number of carbonyl (C=O) groups is 3. The maximum absolute atomic E-state index is 11.9. The molecule has 1 amide bonds. The molecule has 0 spiro atoms. The summed E-state index contributed by atoms with van der Waals surface area (Å²) in [6.45, 7) is 7.54. The highest BCUT2D eigenvalue weighted by atomic mass is 32.2. The fourth-order valence-corrected chi connectivity index (χ4v) is 2.15. The molecule has 0 aliphatic rings. The molecule has 0 aliphatic heterocycles. The van der Waals surface area contributed by atoms with Crippen molar-refractivity contribution in [3.05, 3.63) is 22.1 Å². The number of nitrogens with one attached hydrogen (secondary N) is 1. The molecule has 25 heavy (non-hydrogen) atoms. The zero-order valence-electron chi connectivity index (χ0n) is 14.7. The van der Waals surface area contributed by atoms with Crippen molar-refractivity contribution in [1.29, 1.82) is 0 Å². The predicted molar refractivity (Wildman–Crippen MR) is 88.1 cm³/mol. The first kappa shape index (κ1) is 20.8. The zero-order chi connectivity index (χ0) is 19.2. The van der Waals surface area contributed by atoms with Crippen molar-refractivity contribution < 1.29 is 32.7 Å². The molecule has 0 saturated carbocycles. The lowest BCUT2D eigenvalue weighted by Gasteiger charge is -2.19. The first-order valence-corrected chi connectivity index (χ1v) is 8.28. The van der Waals surface area contributed by atoms with Crippen LogP contribution in [0.25, 0.3) is 0 Å². The van der Waals surface area contributed by atoms with Gasteiger partial charge in [-0.15, -0.1) is 0 Å². The third kappa shape index (κ3) is 7.92. The van der Waals surface area contributed by atoms with E-state index in [0.29, 0.717) is 11.8 Å². The van der Waals surface area contributed by atoms with Gasteiger partial charge in [0.25, 0.3) is 0 Å². The second kappa shape index (κ2) is 8.75. The van der Waals surface area contributed by atoms with E-state index in [2.05, 4.69) is 14.2 Å². The molecule has 1 rings (SSSR count). The Balaban J connectivity index is 2.36. The van der Waals surface area contributed by atoms with Gasteiger partial charge in [0.2, 0.25) is 5.91 Å². The Hall–Kier alpha value is -2.23. The van der Waals surface area contributed by atoms with E-state index in [1.54, 1.807) is 20.8 Å². The molecule has 1 aromatic heterocycles. The van der Waals surface area contributed by atoms with Crippen molar-refractivity contribution in [3.8, 4) is 0 Å². The van der Waals surface area contributed by atoms with Gasteiger partial charge in [0.1, 0.15) is 12.1 Å². The van der Waals surface area contributed by atoms with Crippen molar-refractivity contribution in [2.75, 3.05) is 6.54 Å². The smallest absolute Gasteiger partial charge is 0.459 e. The molecule has 1 aromatic rings. The molecule has 9 nitrogen and oxygen atoms in total. The maximum atomic E-state index is 11.9. The fourth-order valence-electron chi connectivity index (χ4n) is 1.54. The molecule has 0 bridgehead atoms. The average molecular weight is 375 g/mol. The van der Waals surface area contributed by atoms with Crippen molar-refractivity contribution in [3.63, 3.8) is 0 Å². The minimum absolute atomic E-state index is 0.0981. The fraction of sp³-hybridized carbons (Fsp3) is 0.600. The summed E-state index contributed by atoms with van der Waals surface area (Å²) in [5, 5.41) is 0.861. The molecule has 0 fully saturated rings. The number of aryl methyl sites for hydroxylation is 1. The standard InChI is InChI=1S/C15H21NO8S/c1-8-10(23-13(19)22-8)7-21-14(20)25-9(2)12(18)16-6-11(17)24-15(3,4)5/h9H,6-7H2,1-5H3,(H,16,18). The topological polar surface area (TPSA) is 125 Å². The predicted octanol–water partition coefficient (Wildman–Crippen LogP) is 1.76. The van der Waals surface area contributed by atoms with Gasteiger partial charge in [-0.2, -0.15) is 0 Å². The molecule has 0 saturated heterocycles. The molecule has 0 aromatic carbocycles. The lowest BCUT2D eigenvalue weighted by atomic mass is 10.2. The molecule has 1 N–H and O–H groups in total. The van der Waals surface area contributed by atoms with Crippen LogP contribution in [-0.4, -0.2) is 34.6 Å². The second-order valence-corrected chi connectivity index (χ2v) is 7.31. The lowest BCUT2D eigenvalue weighted by molar-refractivity contribution is -0.154. The molecule has 0 radical (unpaired) electrons. The maximum Gasteiger partial charge on any atom is 0.519 e. The Kier molecular flexibility index (Phi) is 7.28. The van der Waals surface area contributed by atoms with Crippen molar-refractivity contribution in [1.82, 2.24) is 5.32 Å². The Morgan fingerprint density at radius 2 is 1.88 bits per heavy atom. The highest BCUT2D eigenvalue weighted by Crippen LogP contribution is 2.16. The minimum atomic E-state index is -0.883. The van der Waals surface area contributed by atoms with E-state index in [4.69, 9.17) is 9.47 Å². The number of carbonyl (C=O) groups excluding carboxylic acids is 3. The first-order valence-electron chi connectivity index (χ1n) is 7.40. The minimum Gasteiger partial charge on any atom is -0.459 e. The van der Waals surface area contributed by atoms with Crippen LogP contribution in [0.4, 0.5) is 4.79 Å². The molecular formula is C15H21NO8S. The first-order chi connectivity index (χ1) is 11.5. The van der Waals surface area contributed by atoms with Crippen LogP contribution >= 0.6 is 11.8 Å². The van der Waals surface area contributed by atoms with Gasteiger partial charge in [-0.25, -0.2) is 9.59 Å². The van der Waals surface area contributed by atoms with E-state index in [1.807, 2.05) is 0 Å². The van der Waals surface area contributed by atoms with Gasteiger partial charge in [-0.05, 0) is 46.4 Å². The van der Waals surface area contributed by atoms with Crippen LogP contribution in [0.3, 0.4) is 0 Å². The summed E-state index contributed by atoms with van der Waals surface area (Å²) in [6, 6.07) is 0. The number of esters is 1. The van der Waals surface area contributed by atoms with Gasteiger partial charge < -0.3 is 23.6 Å². The number of rotatable bonds is 6. The van der Waals surface area contributed by atoms with Crippen molar-refractivity contribution in [2.45, 2.75) is 52.1 Å². The van der Waals surface area contributed by atoms with Gasteiger partial charge in [0.05, 0.1) is 5.25 Å². The second-order valence-electron chi connectivity index (χ2n) is 6.04. The van der Waals surface area contributed by atoms with Gasteiger partial charge >= 0.3 is 17.1 Å². The van der Waals surface area contributed by atoms with E-state index < -0.39 is 33.9 Å². The molecule has 0 aliphatic carbocycles. The van der Waals surface area contributed by atoms with Crippen LogP contribution in [0.1, 0.15) is 39.2 Å². The van der Waals surface area contributed by atoms with Crippen LogP contribution < -0.4 is 11.1 Å². The van der Waals surface area contributed by atoms with Crippen LogP contribution in [0, 0.1) is 6.92 Å². The third-order valence-electron chi connectivity index (χ3n) is 2.63. The summed E-state index contributed by atoms with van der Waals surface area (Å²) in [5.41, 5.74) is -0.647. The Labute approximate surface area is 148 Å². The average Bonchev–Trinajstić information content (AvgIpc) is 2.78. The largest absolute Gasteiger partial charge is 0.519 e. The van der Waals surface area contributed by atoms with Crippen LogP contribution in [0.5, 0.6) is 0 Å². The number of ether oxygens (including phenoxy) is 2. The number of hydrogen-bond donors (Lipinski definition) is 1. The quantitative estimate of drug-likeness (QED) is 0.740. The summed E-state index contributed by atoms with van der Waals surface area (Å²) >= 11 is 0.629. The van der Waals surface area contributed by atoms with E-state index in [0.717, 1.165) is 0 Å². The van der Waals surface area contributed by atoms with Crippen LogP contribution in [0.2, 0.25) is 0 Å². The summed E-state index contributed by atoms with van der Waals surface area (Å²) in [6.07, 6.45) is 0. The molecule has 1 atom stereocenters. The molecular weight excluding hydrogens is 354 g/mol. The Morgan fingerprint density at radius 3 is 2.40 bits per heavy atom. The monoisotopic (exact) mass is 375 g/mol. The third-order valence-corrected chi connectivity index (χ3v) is 3.50. The van der Waals surface area contributed by atoms with Gasteiger partial charge in [0, 0.05) is 0 Å². The molecule has 10 heteroatoms. The highest BCUT2D eigenvalue weighted by Gasteiger charge is 2.22. The van der Waals surface area contributed by atoms with E-state index in [1.165, 1.54) is 13.8 Å². The Bertz CT molecular complexity index is 684.